The molecule has 0 atom stereocenters. The highest BCUT2D eigenvalue weighted by Crippen LogP contribution is 2.36. The Hall–Kier alpha value is -4.92. The van der Waals surface area contributed by atoms with E-state index in [2.05, 4.69) is 21.9 Å². The Bertz CT molecular complexity index is 1810. The largest absolute Gasteiger partial charge is 0.496 e. The van der Waals surface area contributed by atoms with Crippen LogP contribution in [0.25, 0.3) is 22.0 Å². The average molecular weight is 551 g/mol. The lowest BCUT2D eigenvalue weighted by atomic mass is 10.0. The van der Waals surface area contributed by atoms with E-state index in [0.717, 1.165) is 41.5 Å². The van der Waals surface area contributed by atoms with E-state index in [9.17, 15) is 14.0 Å². The summed E-state index contributed by atoms with van der Waals surface area (Å²) in [6.07, 6.45) is 10.6. The second-order valence-corrected chi connectivity index (χ2v) is 9.98. The monoisotopic (exact) mass is 550 g/mol. The van der Waals surface area contributed by atoms with Crippen LogP contribution in [0.5, 0.6) is 17.2 Å². The fraction of sp³-hybridized carbons (Fsp3) is 0.219. The summed E-state index contributed by atoms with van der Waals surface area (Å²) >= 11 is 0. The van der Waals surface area contributed by atoms with Crippen LogP contribution >= 0.6 is 0 Å². The van der Waals surface area contributed by atoms with Crippen LogP contribution in [0.3, 0.4) is 0 Å². The number of ketones is 1. The van der Waals surface area contributed by atoms with Crippen LogP contribution in [0, 0.1) is 5.82 Å². The molecule has 2 aromatic carbocycles. The molecule has 1 aliphatic carbocycles. The van der Waals surface area contributed by atoms with Gasteiger partial charge in [0.1, 0.15) is 23.1 Å². The SMILES string of the molecule is CCc1cc2nccc(Oc3cnc(CC(=O)c4cn(C5CC5)cc(-c5ccc(F)cc5)c4=O)nc3)c2cc1OC. The highest BCUT2D eigenvalue weighted by atomic mass is 19.1. The number of carbonyl (C=O) groups is 1. The summed E-state index contributed by atoms with van der Waals surface area (Å²) in [5.41, 5.74) is 2.41. The third-order valence-electron chi connectivity index (χ3n) is 7.18. The third-order valence-corrected chi connectivity index (χ3v) is 7.18. The van der Waals surface area contributed by atoms with Gasteiger partial charge in [0.05, 0.1) is 37.0 Å². The van der Waals surface area contributed by atoms with Crippen molar-refractivity contribution in [1.29, 1.82) is 0 Å². The van der Waals surface area contributed by atoms with Crippen LogP contribution in [0.15, 0.2) is 78.2 Å². The number of ether oxygens (including phenoxy) is 2. The van der Waals surface area contributed by atoms with E-state index in [4.69, 9.17) is 9.47 Å². The van der Waals surface area contributed by atoms with Crippen molar-refractivity contribution in [2.24, 2.45) is 0 Å². The molecule has 41 heavy (non-hydrogen) atoms. The van der Waals surface area contributed by atoms with Gasteiger partial charge in [-0.1, -0.05) is 19.1 Å². The fourth-order valence-corrected chi connectivity index (χ4v) is 4.81. The molecular weight excluding hydrogens is 523 g/mol. The number of hydrogen-bond acceptors (Lipinski definition) is 7. The Morgan fingerprint density at radius 1 is 1.02 bits per heavy atom. The molecule has 0 aliphatic heterocycles. The number of benzene rings is 2. The highest BCUT2D eigenvalue weighted by Gasteiger charge is 2.26. The Balaban J connectivity index is 1.24. The number of carbonyl (C=O) groups excluding carboxylic acids is 1. The van der Waals surface area contributed by atoms with Gasteiger partial charge in [0.2, 0.25) is 0 Å². The van der Waals surface area contributed by atoms with Crippen LogP contribution in [0.4, 0.5) is 4.39 Å². The number of nitrogens with zero attached hydrogens (tertiary/aromatic N) is 4. The van der Waals surface area contributed by atoms with Gasteiger partial charge in [-0.15, -0.1) is 0 Å². The van der Waals surface area contributed by atoms with E-state index < -0.39 is 11.2 Å². The number of aryl methyl sites for hydroxylation is 1. The van der Waals surface area contributed by atoms with Crippen LogP contribution in [0.2, 0.25) is 0 Å². The molecule has 0 saturated heterocycles. The van der Waals surface area contributed by atoms with Gasteiger partial charge in [0, 0.05) is 35.6 Å². The minimum absolute atomic E-state index is 0.0614. The number of methoxy groups -OCH3 is 1. The lowest BCUT2D eigenvalue weighted by molar-refractivity contribution is 0.0989. The third kappa shape index (κ3) is 5.43. The van der Waals surface area contributed by atoms with Gasteiger partial charge < -0.3 is 14.0 Å². The van der Waals surface area contributed by atoms with E-state index in [1.807, 2.05) is 16.7 Å². The first-order valence-corrected chi connectivity index (χ1v) is 13.4. The fourth-order valence-electron chi connectivity index (χ4n) is 4.81. The number of Topliss-reactive ketones (excluding diaryl/α,β-unsaturated/α-hetero) is 1. The molecule has 8 nitrogen and oxygen atoms in total. The summed E-state index contributed by atoms with van der Waals surface area (Å²) in [6, 6.07) is 11.6. The number of pyridine rings is 2. The molecular formula is C32H27FN4O4. The van der Waals surface area contributed by atoms with Gasteiger partial charge in [-0.05, 0) is 60.7 Å². The molecule has 1 saturated carbocycles. The summed E-state index contributed by atoms with van der Waals surface area (Å²) in [6.45, 7) is 2.05. The maximum absolute atomic E-state index is 13.5. The summed E-state index contributed by atoms with van der Waals surface area (Å²) in [4.78, 5) is 39.7. The Morgan fingerprint density at radius 3 is 2.46 bits per heavy atom. The first kappa shape index (κ1) is 26.3. The molecule has 0 spiro atoms. The van der Waals surface area contributed by atoms with E-state index >= 15 is 0 Å². The van der Waals surface area contributed by atoms with Crippen molar-refractivity contribution in [3.05, 3.63) is 106 Å². The molecule has 3 aromatic heterocycles. The topological polar surface area (TPSA) is 96.2 Å². The minimum Gasteiger partial charge on any atom is -0.496 e. The molecule has 3 heterocycles. The van der Waals surface area contributed by atoms with Crippen molar-refractivity contribution >= 4 is 16.7 Å². The first-order chi connectivity index (χ1) is 19.9. The van der Waals surface area contributed by atoms with Crippen LogP contribution < -0.4 is 14.9 Å². The number of hydrogen-bond donors (Lipinski definition) is 0. The minimum atomic E-state index is -0.398. The average Bonchev–Trinajstić information content (AvgIpc) is 3.84. The van der Waals surface area contributed by atoms with Crippen LogP contribution in [0.1, 0.15) is 47.6 Å². The van der Waals surface area contributed by atoms with Gasteiger partial charge in [0.15, 0.2) is 17.0 Å². The molecule has 0 N–H and O–H groups in total. The number of aromatic nitrogens is 4. The van der Waals surface area contributed by atoms with Crippen molar-refractivity contribution in [3.63, 3.8) is 0 Å². The summed E-state index contributed by atoms with van der Waals surface area (Å²) in [5.74, 6) is 1.20. The van der Waals surface area contributed by atoms with E-state index in [0.29, 0.717) is 22.6 Å². The Kier molecular flexibility index (Phi) is 7.01. The lowest BCUT2D eigenvalue weighted by Gasteiger charge is -2.12. The zero-order valence-corrected chi connectivity index (χ0v) is 22.6. The molecule has 0 unspecified atom stereocenters. The zero-order chi connectivity index (χ0) is 28.5. The predicted octanol–water partition coefficient (Wildman–Crippen LogP) is 6.12. The van der Waals surface area contributed by atoms with Crippen molar-refractivity contribution in [1.82, 2.24) is 19.5 Å². The molecule has 0 amide bonds. The van der Waals surface area contributed by atoms with Crippen molar-refractivity contribution in [2.75, 3.05) is 7.11 Å². The smallest absolute Gasteiger partial charge is 0.200 e. The predicted molar refractivity (Wildman–Crippen MR) is 152 cm³/mol. The molecule has 0 radical (unpaired) electrons. The Labute approximate surface area is 235 Å². The quantitative estimate of drug-likeness (QED) is 0.204. The van der Waals surface area contributed by atoms with Gasteiger partial charge in [0.25, 0.3) is 0 Å². The van der Waals surface area contributed by atoms with Gasteiger partial charge in [-0.3, -0.25) is 14.6 Å². The Morgan fingerprint density at radius 2 is 1.78 bits per heavy atom. The number of fused-ring (bicyclic) bond motifs is 1. The van der Waals surface area contributed by atoms with E-state index in [1.165, 1.54) is 24.5 Å². The summed E-state index contributed by atoms with van der Waals surface area (Å²) in [7, 11) is 1.63. The molecule has 9 heteroatoms. The van der Waals surface area contributed by atoms with Crippen LogP contribution in [-0.4, -0.2) is 32.4 Å². The second kappa shape index (κ2) is 10.9. The molecule has 206 valence electrons. The molecule has 1 aliphatic rings. The van der Waals surface area contributed by atoms with Crippen LogP contribution in [-0.2, 0) is 12.8 Å². The summed E-state index contributed by atoms with van der Waals surface area (Å²) < 4.78 is 27.0. The van der Waals surface area contributed by atoms with Gasteiger partial charge in [-0.25, -0.2) is 14.4 Å². The second-order valence-electron chi connectivity index (χ2n) is 9.98. The summed E-state index contributed by atoms with van der Waals surface area (Å²) in [5, 5.41) is 0.786. The highest BCUT2D eigenvalue weighted by molar-refractivity contribution is 5.97. The molecule has 1 fully saturated rings. The zero-order valence-electron chi connectivity index (χ0n) is 22.6. The van der Waals surface area contributed by atoms with E-state index in [1.54, 1.807) is 43.9 Å². The van der Waals surface area contributed by atoms with Crippen molar-refractivity contribution < 1.29 is 18.7 Å². The normalized spacial score (nSPS) is 12.9. The standard InChI is InChI=1S/C32H27FN4O4/c1-3-19-12-27-24(13-30(19)40-2)29(10-11-34-27)41-23-15-35-31(36-16-23)14-28(38)26-18-37(22-8-9-22)17-25(32(26)39)20-4-6-21(33)7-5-20/h4-7,10-13,15-18,22H,3,8-9,14H2,1-2H3. The maximum atomic E-state index is 13.5. The molecule has 6 rings (SSSR count). The van der Waals surface area contributed by atoms with Crippen molar-refractivity contribution in [2.45, 2.75) is 38.6 Å². The van der Waals surface area contributed by atoms with Crippen molar-refractivity contribution in [3.8, 4) is 28.4 Å². The van der Waals surface area contributed by atoms with E-state index in [-0.39, 0.29) is 29.6 Å². The lowest BCUT2D eigenvalue weighted by Crippen LogP contribution is -2.21. The maximum Gasteiger partial charge on any atom is 0.200 e. The molecule has 0 bridgehead atoms. The van der Waals surface area contributed by atoms with Gasteiger partial charge in [-0.2, -0.15) is 0 Å². The first-order valence-electron chi connectivity index (χ1n) is 13.4. The van der Waals surface area contributed by atoms with Gasteiger partial charge >= 0.3 is 0 Å². The number of halogens is 1. The molecule has 5 aromatic rings. The number of rotatable bonds is 9.